The zero-order chi connectivity index (χ0) is 14.6. The van der Waals surface area contributed by atoms with E-state index < -0.39 is 10.1 Å². The second kappa shape index (κ2) is 6.17. The van der Waals surface area contributed by atoms with E-state index in [0.717, 1.165) is 18.7 Å². The third-order valence-electron chi connectivity index (χ3n) is 3.07. The van der Waals surface area contributed by atoms with E-state index in [0.29, 0.717) is 0 Å². The van der Waals surface area contributed by atoms with E-state index in [4.69, 9.17) is 4.55 Å². The highest BCUT2D eigenvalue weighted by Crippen LogP contribution is 2.13. The molecule has 0 aliphatic carbocycles. The average Bonchev–Trinajstić information content (AvgIpc) is 2.87. The summed E-state index contributed by atoms with van der Waals surface area (Å²) in [7, 11) is -4.02. The maximum Gasteiger partial charge on any atom is 0.294 e. The van der Waals surface area contributed by atoms with E-state index >= 15 is 0 Å². The molecule has 0 aromatic heterocycles. The Morgan fingerprint density at radius 2 is 1.45 bits per heavy atom. The molecule has 0 saturated heterocycles. The molecule has 20 heavy (non-hydrogen) atoms. The van der Waals surface area contributed by atoms with E-state index in [1.807, 2.05) is 6.92 Å². The first-order valence-electron chi connectivity index (χ1n) is 6.28. The minimum Gasteiger partial charge on any atom is -0.309 e. The largest absolute Gasteiger partial charge is 0.309 e. The van der Waals surface area contributed by atoms with Crippen molar-refractivity contribution in [1.29, 1.82) is 0 Å². The van der Waals surface area contributed by atoms with Gasteiger partial charge in [0.2, 0.25) is 0 Å². The second-order valence-corrected chi connectivity index (χ2v) is 6.08. The third kappa shape index (κ3) is 3.90. The topological polar surface area (TPSA) is 66.4 Å². The molecule has 1 aliphatic rings. The van der Waals surface area contributed by atoms with Crippen molar-refractivity contribution in [3.05, 3.63) is 65.2 Å². The predicted octanol–water partition coefficient (Wildman–Crippen LogP) is 2.53. The van der Waals surface area contributed by atoms with Crippen LogP contribution < -0.4 is 5.32 Å². The number of fused-ring (bicyclic) bond motifs is 1. The number of rotatable bonds is 1. The molecule has 1 heterocycles. The summed E-state index contributed by atoms with van der Waals surface area (Å²) in [6.07, 6.45) is 0. The van der Waals surface area contributed by atoms with Gasteiger partial charge in [-0.15, -0.1) is 0 Å². The van der Waals surface area contributed by atoms with Crippen LogP contribution >= 0.6 is 0 Å². The van der Waals surface area contributed by atoms with Crippen LogP contribution in [0.1, 0.15) is 16.7 Å². The Morgan fingerprint density at radius 3 is 1.90 bits per heavy atom. The maximum atomic E-state index is 10.5. The Labute approximate surface area is 119 Å². The number of benzene rings is 2. The summed E-state index contributed by atoms with van der Waals surface area (Å²) in [6.45, 7) is 3.94. The van der Waals surface area contributed by atoms with Crippen LogP contribution in [0.25, 0.3) is 0 Å². The quantitative estimate of drug-likeness (QED) is 0.792. The van der Waals surface area contributed by atoms with Gasteiger partial charge in [0, 0.05) is 13.1 Å². The first kappa shape index (κ1) is 14.7. The Bertz CT molecular complexity index is 656. The van der Waals surface area contributed by atoms with Gasteiger partial charge in [-0.1, -0.05) is 42.0 Å². The molecule has 0 bridgehead atoms. The molecule has 2 aromatic rings. The highest BCUT2D eigenvalue weighted by atomic mass is 32.2. The molecule has 5 heteroatoms. The molecule has 1 aliphatic heterocycles. The summed E-state index contributed by atoms with van der Waals surface area (Å²) in [5, 5.41) is 3.29. The molecule has 0 saturated carbocycles. The third-order valence-corrected chi connectivity index (χ3v) is 3.94. The van der Waals surface area contributed by atoms with Crippen LogP contribution in [0.3, 0.4) is 0 Å². The first-order chi connectivity index (χ1) is 9.47. The lowest BCUT2D eigenvalue weighted by atomic mass is 10.1. The number of hydrogen-bond acceptors (Lipinski definition) is 3. The first-order valence-corrected chi connectivity index (χ1v) is 7.72. The van der Waals surface area contributed by atoms with Crippen LogP contribution in [-0.4, -0.2) is 13.0 Å². The minimum atomic E-state index is -4.02. The van der Waals surface area contributed by atoms with Crippen molar-refractivity contribution in [1.82, 2.24) is 5.32 Å². The van der Waals surface area contributed by atoms with Crippen molar-refractivity contribution in [2.24, 2.45) is 0 Å². The summed E-state index contributed by atoms with van der Waals surface area (Å²) in [5.74, 6) is 0. The Kier molecular flexibility index (Phi) is 4.54. The monoisotopic (exact) mass is 291 g/mol. The summed E-state index contributed by atoms with van der Waals surface area (Å²) < 4.78 is 29.6. The molecule has 0 fully saturated rings. The molecule has 0 unspecified atom stereocenters. The standard InChI is InChI=1S/C8H9N.C7H8O3S/c1-2-4-8-6-9-5-7(8)3-1;1-6-2-4-7(5-3-6)11(8,9)10/h1-4,9H,5-6H2;2-5H,1H3,(H,8,9,10). The van der Waals surface area contributed by atoms with Crippen molar-refractivity contribution in [2.75, 3.05) is 0 Å². The van der Waals surface area contributed by atoms with Crippen LogP contribution in [0.15, 0.2) is 53.4 Å². The van der Waals surface area contributed by atoms with Gasteiger partial charge in [0.05, 0.1) is 4.90 Å². The van der Waals surface area contributed by atoms with Gasteiger partial charge in [0.1, 0.15) is 0 Å². The predicted molar refractivity (Wildman–Crippen MR) is 78.0 cm³/mol. The zero-order valence-electron chi connectivity index (χ0n) is 11.2. The van der Waals surface area contributed by atoms with Gasteiger partial charge >= 0.3 is 0 Å². The van der Waals surface area contributed by atoms with Crippen molar-refractivity contribution in [2.45, 2.75) is 24.9 Å². The maximum absolute atomic E-state index is 10.5. The lowest BCUT2D eigenvalue weighted by molar-refractivity contribution is 0.483. The molecule has 106 valence electrons. The molecule has 4 nitrogen and oxygen atoms in total. The van der Waals surface area contributed by atoms with Crippen molar-refractivity contribution < 1.29 is 13.0 Å². The second-order valence-electron chi connectivity index (χ2n) is 4.66. The van der Waals surface area contributed by atoms with E-state index in [1.165, 1.54) is 23.3 Å². The molecule has 3 rings (SSSR count). The molecule has 0 atom stereocenters. The average molecular weight is 291 g/mol. The highest BCUT2D eigenvalue weighted by Gasteiger charge is 2.07. The van der Waals surface area contributed by atoms with E-state index in [-0.39, 0.29) is 4.90 Å². The SMILES string of the molecule is Cc1ccc(S(=O)(=O)O)cc1.c1ccc2c(c1)CNC2. The van der Waals surface area contributed by atoms with Crippen LogP contribution in [0.5, 0.6) is 0 Å². The molecule has 2 aromatic carbocycles. The lowest BCUT2D eigenvalue weighted by Gasteiger charge is -1.95. The molecule has 0 radical (unpaired) electrons. The fraction of sp³-hybridized carbons (Fsp3) is 0.200. The van der Waals surface area contributed by atoms with Gasteiger partial charge in [0.15, 0.2) is 0 Å². The van der Waals surface area contributed by atoms with Crippen LogP contribution in [0.4, 0.5) is 0 Å². The Hall–Kier alpha value is -1.69. The van der Waals surface area contributed by atoms with Gasteiger partial charge in [0.25, 0.3) is 10.1 Å². The van der Waals surface area contributed by atoms with Crippen LogP contribution in [0.2, 0.25) is 0 Å². The number of nitrogens with one attached hydrogen (secondary N) is 1. The van der Waals surface area contributed by atoms with E-state index in [9.17, 15) is 8.42 Å². The van der Waals surface area contributed by atoms with Crippen LogP contribution in [0, 0.1) is 6.92 Å². The van der Waals surface area contributed by atoms with Crippen molar-refractivity contribution >= 4 is 10.1 Å². The summed E-state index contributed by atoms with van der Waals surface area (Å²) in [6, 6.07) is 14.5. The summed E-state index contributed by atoms with van der Waals surface area (Å²) >= 11 is 0. The number of hydrogen-bond donors (Lipinski definition) is 2. The van der Waals surface area contributed by atoms with Crippen molar-refractivity contribution in [3.63, 3.8) is 0 Å². The van der Waals surface area contributed by atoms with Gasteiger partial charge in [-0.2, -0.15) is 8.42 Å². The molecular formula is C15H17NO3S. The normalized spacial score (nSPS) is 13.3. The molecule has 2 N–H and O–H groups in total. The lowest BCUT2D eigenvalue weighted by Crippen LogP contribution is -1.99. The molecule has 0 spiro atoms. The van der Waals surface area contributed by atoms with Crippen molar-refractivity contribution in [3.8, 4) is 0 Å². The smallest absolute Gasteiger partial charge is 0.294 e. The molecular weight excluding hydrogens is 274 g/mol. The van der Waals surface area contributed by atoms with Crippen LogP contribution in [-0.2, 0) is 23.2 Å². The molecule has 0 amide bonds. The van der Waals surface area contributed by atoms with Gasteiger partial charge in [-0.05, 0) is 30.2 Å². The fourth-order valence-corrected chi connectivity index (χ4v) is 2.42. The Balaban J connectivity index is 0.000000149. The van der Waals surface area contributed by atoms with E-state index in [1.54, 1.807) is 12.1 Å². The van der Waals surface area contributed by atoms with Gasteiger partial charge < -0.3 is 5.32 Å². The van der Waals surface area contributed by atoms with Gasteiger partial charge in [-0.3, -0.25) is 4.55 Å². The highest BCUT2D eigenvalue weighted by molar-refractivity contribution is 7.85. The fourth-order valence-electron chi connectivity index (χ4n) is 1.94. The van der Waals surface area contributed by atoms with E-state index in [2.05, 4.69) is 29.6 Å². The summed E-state index contributed by atoms with van der Waals surface area (Å²) in [4.78, 5) is -0.0666. The summed E-state index contributed by atoms with van der Waals surface area (Å²) in [5.41, 5.74) is 3.87. The number of aryl methyl sites for hydroxylation is 1. The Morgan fingerprint density at radius 1 is 0.950 bits per heavy atom. The minimum absolute atomic E-state index is 0.0666. The zero-order valence-corrected chi connectivity index (χ0v) is 12.0. The van der Waals surface area contributed by atoms with Gasteiger partial charge in [-0.25, -0.2) is 0 Å².